The highest BCUT2D eigenvalue weighted by Crippen LogP contribution is 2.43. The number of ketones is 1. The lowest BCUT2D eigenvalue weighted by Gasteiger charge is -2.26. The number of halogens is 1. The highest BCUT2D eigenvalue weighted by Gasteiger charge is 2.47. The van der Waals surface area contributed by atoms with Crippen molar-refractivity contribution in [1.82, 2.24) is 0 Å². The maximum Gasteiger partial charge on any atom is 0.300 e. The number of carbonyl (C=O) groups excluding carboxylic acids is 2. The molecule has 0 bridgehead atoms. The molecule has 0 saturated carbocycles. The Hall–Kier alpha value is -4.25. The molecule has 4 aromatic carbocycles. The van der Waals surface area contributed by atoms with Crippen LogP contribution in [0.1, 0.15) is 28.3 Å². The molecular weight excluding hydrogens is 429 g/mol. The average molecular weight is 451 g/mol. The van der Waals surface area contributed by atoms with Crippen molar-refractivity contribution in [3.05, 3.63) is 119 Å². The first kappa shape index (κ1) is 21.6. The maximum absolute atomic E-state index is 13.7. The van der Waals surface area contributed by atoms with E-state index in [4.69, 9.17) is 0 Å². The number of hydrogen-bond donors (Lipinski definition) is 1. The van der Waals surface area contributed by atoms with E-state index in [2.05, 4.69) is 0 Å². The molecule has 4 nitrogen and oxygen atoms in total. The van der Waals surface area contributed by atoms with Crippen molar-refractivity contribution in [3.8, 4) is 0 Å². The fourth-order valence-electron chi connectivity index (χ4n) is 4.73. The summed E-state index contributed by atoms with van der Waals surface area (Å²) < 4.78 is 13.7. The summed E-state index contributed by atoms with van der Waals surface area (Å²) in [6, 6.07) is 23.3. The van der Waals surface area contributed by atoms with E-state index in [1.807, 2.05) is 62.4 Å². The van der Waals surface area contributed by atoms with Gasteiger partial charge in [0.1, 0.15) is 11.6 Å². The third kappa shape index (κ3) is 3.55. The smallest absolute Gasteiger partial charge is 0.300 e. The Morgan fingerprint density at radius 2 is 1.50 bits per heavy atom. The fourth-order valence-corrected chi connectivity index (χ4v) is 4.73. The first-order chi connectivity index (χ1) is 16.3. The van der Waals surface area contributed by atoms with E-state index in [0.717, 1.165) is 21.9 Å². The van der Waals surface area contributed by atoms with Crippen molar-refractivity contribution in [3.63, 3.8) is 0 Å². The van der Waals surface area contributed by atoms with Gasteiger partial charge < -0.3 is 5.11 Å². The molecule has 1 N–H and O–H groups in total. The Bertz CT molecular complexity index is 1460. The van der Waals surface area contributed by atoms with E-state index < -0.39 is 23.5 Å². The number of anilines is 1. The second-order valence-corrected chi connectivity index (χ2v) is 8.59. The quantitative estimate of drug-likeness (QED) is 0.228. The van der Waals surface area contributed by atoms with Gasteiger partial charge in [-0.2, -0.15) is 0 Å². The van der Waals surface area contributed by atoms with Crippen LogP contribution in [0.3, 0.4) is 0 Å². The summed E-state index contributed by atoms with van der Waals surface area (Å²) in [6.07, 6.45) is 0. The molecular formula is C29H22FNO3. The number of rotatable bonds is 3. The van der Waals surface area contributed by atoms with Gasteiger partial charge >= 0.3 is 0 Å². The molecule has 0 radical (unpaired) electrons. The van der Waals surface area contributed by atoms with Crippen molar-refractivity contribution < 1.29 is 19.1 Å². The first-order valence-corrected chi connectivity index (χ1v) is 11.0. The average Bonchev–Trinajstić information content (AvgIpc) is 3.08. The van der Waals surface area contributed by atoms with Crippen LogP contribution in [0.4, 0.5) is 10.1 Å². The third-order valence-corrected chi connectivity index (χ3v) is 6.16. The lowest BCUT2D eigenvalue weighted by Crippen LogP contribution is -2.29. The SMILES string of the molecule is Cc1cc(C)cc(N2C(=O)C(=O)/C(=C(\O)c3cccc4ccccc34)C2c2ccc(F)cc2)c1. The fraction of sp³-hybridized carbons (Fsp3) is 0.103. The molecule has 1 aliphatic heterocycles. The second kappa shape index (κ2) is 8.27. The van der Waals surface area contributed by atoms with E-state index in [-0.39, 0.29) is 11.3 Å². The minimum Gasteiger partial charge on any atom is -0.507 e. The van der Waals surface area contributed by atoms with Crippen LogP contribution in [0.15, 0.2) is 90.5 Å². The van der Waals surface area contributed by atoms with Gasteiger partial charge in [-0.1, -0.05) is 60.7 Å². The zero-order valence-corrected chi connectivity index (χ0v) is 18.7. The summed E-state index contributed by atoms with van der Waals surface area (Å²) in [4.78, 5) is 28.1. The summed E-state index contributed by atoms with van der Waals surface area (Å²) in [5.74, 6) is -2.20. The molecule has 0 aliphatic carbocycles. The van der Waals surface area contributed by atoms with Crippen LogP contribution in [0.5, 0.6) is 0 Å². The summed E-state index contributed by atoms with van der Waals surface area (Å²) in [5, 5.41) is 13.1. The van der Waals surface area contributed by atoms with Gasteiger partial charge in [0, 0.05) is 11.3 Å². The van der Waals surface area contributed by atoms with E-state index >= 15 is 0 Å². The molecule has 1 saturated heterocycles. The molecule has 1 aliphatic rings. The predicted molar refractivity (Wildman–Crippen MR) is 131 cm³/mol. The van der Waals surface area contributed by atoms with Gasteiger partial charge in [0.2, 0.25) is 0 Å². The van der Waals surface area contributed by atoms with Gasteiger partial charge in [0.05, 0.1) is 11.6 Å². The molecule has 34 heavy (non-hydrogen) atoms. The molecule has 168 valence electrons. The van der Waals surface area contributed by atoms with Crippen LogP contribution in [0, 0.1) is 19.7 Å². The molecule has 5 rings (SSSR count). The molecule has 1 heterocycles. The summed E-state index contributed by atoms with van der Waals surface area (Å²) in [5.41, 5.74) is 3.39. The standard InChI is InChI=1S/C29H22FNO3/c1-17-14-18(2)16-22(15-17)31-26(20-10-12-21(30)13-11-20)25(28(33)29(31)34)27(32)24-9-5-7-19-6-3-4-8-23(19)24/h3-16,26,32H,1-2H3/b27-25-. The van der Waals surface area contributed by atoms with Gasteiger partial charge in [0.15, 0.2) is 0 Å². The van der Waals surface area contributed by atoms with Crippen molar-refractivity contribution in [1.29, 1.82) is 0 Å². The van der Waals surface area contributed by atoms with E-state index in [1.165, 1.54) is 29.2 Å². The summed E-state index contributed by atoms with van der Waals surface area (Å²) in [7, 11) is 0. The zero-order valence-electron chi connectivity index (χ0n) is 18.7. The summed E-state index contributed by atoms with van der Waals surface area (Å²) >= 11 is 0. The minimum absolute atomic E-state index is 0.0212. The number of amides is 1. The molecule has 1 unspecified atom stereocenters. The Labute approximate surface area is 196 Å². The van der Waals surface area contributed by atoms with E-state index in [1.54, 1.807) is 12.1 Å². The molecule has 1 fully saturated rings. The number of aryl methyl sites for hydroxylation is 2. The largest absolute Gasteiger partial charge is 0.507 e. The highest BCUT2D eigenvalue weighted by atomic mass is 19.1. The third-order valence-electron chi connectivity index (χ3n) is 6.16. The number of carbonyl (C=O) groups is 2. The van der Waals surface area contributed by atoms with Gasteiger partial charge in [-0.25, -0.2) is 4.39 Å². The Balaban J connectivity index is 1.79. The van der Waals surface area contributed by atoms with E-state index in [0.29, 0.717) is 16.8 Å². The van der Waals surface area contributed by atoms with Crippen LogP contribution in [-0.2, 0) is 9.59 Å². The lowest BCUT2D eigenvalue weighted by molar-refractivity contribution is -0.132. The number of fused-ring (bicyclic) bond motifs is 1. The lowest BCUT2D eigenvalue weighted by atomic mass is 9.93. The molecule has 0 aromatic heterocycles. The van der Waals surface area contributed by atoms with Crippen LogP contribution in [-0.4, -0.2) is 16.8 Å². The van der Waals surface area contributed by atoms with Gasteiger partial charge in [0.25, 0.3) is 11.7 Å². The van der Waals surface area contributed by atoms with Crippen LogP contribution in [0.2, 0.25) is 0 Å². The first-order valence-electron chi connectivity index (χ1n) is 11.0. The number of aliphatic hydroxyl groups is 1. The zero-order chi connectivity index (χ0) is 24.0. The number of aliphatic hydroxyl groups excluding tert-OH is 1. The number of hydrogen-bond acceptors (Lipinski definition) is 3. The second-order valence-electron chi connectivity index (χ2n) is 8.59. The molecule has 1 atom stereocenters. The highest BCUT2D eigenvalue weighted by molar-refractivity contribution is 6.51. The van der Waals surface area contributed by atoms with Crippen LogP contribution < -0.4 is 4.90 Å². The van der Waals surface area contributed by atoms with Gasteiger partial charge in [-0.05, 0) is 65.6 Å². The van der Waals surface area contributed by atoms with Crippen molar-refractivity contribution in [2.24, 2.45) is 0 Å². The van der Waals surface area contributed by atoms with E-state index in [9.17, 15) is 19.1 Å². The van der Waals surface area contributed by atoms with Crippen LogP contribution >= 0.6 is 0 Å². The van der Waals surface area contributed by atoms with Gasteiger partial charge in [-0.3, -0.25) is 14.5 Å². The van der Waals surface area contributed by atoms with Gasteiger partial charge in [-0.15, -0.1) is 0 Å². The minimum atomic E-state index is -0.902. The Kier molecular flexibility index (Phi) is 5.25. The van der Waals surface area contributed by atoms with Crippen molar-refractivity contribution >= 4 is 33.9 Å². The molecule has 4 aromatic rings. The summed E-state index contributed by atoms with van der Waals surface area (Å²) in [6.45, 7) is 3.83. The topological polar surface area (TPSA) is 57.6 Å². The predicted octanol–water partition coefficient (Wildman–Crippen LogP) is 6.22. The molecule has 0 spiro atoms. The van der Waals surface area contributed by atoms with Crippen molar-refractivity contribution in [2.45, 2.75) is 19.9 Å². The number of nitrogens with zero attached hydrogens (tertiary/aromatic N) is 1. The van der Waals surface area contributed by atoms with Crippen LogP contribution in [0.25, 0.3) is 16.5 Å². The molecule has 5 heteroatoms. The number of Topliss-reactive ketones (excluding diaryl/α,β-unsaturated/α-hetero) is 1. The monoisotopic (exact) mass is 451 g/mol. The maximum atomic E-state index is 13.7. The number of benzene rings is 4. The Morgan fingerprint density at radius 3 is 2.21 bits per heavy atom. The Morgan fingerprint density at radius 1 is 0.853 bits per heavy atom. The molecule has 1 amide bonds. The normalized spacial score (nSPS) is 17.5. The van der Waals surface area contributed by atoms with Crippen molar-refractivity contribution in [2.75, 3.05) is 4.90 Å².